The molecule has 0 radical (unpaired) electrons. The van der Waals surface area contributed by atoms with E-state index < -0.39 is 11.8 Å². The maximum absolute atomic E-state index is 12.1. The van der Waals surface area contributed by atoms with E-state index in [1.807, 2.05) is 55.5 Å². The molecule has 2 N–H and O–H groups in total. The third-order valence-corrected chi connectivity index (χ3v) is 5.05. The fraction of sp³-hybridized carbons (Fsp3) is 0.364. The van der Waals surface area contributed by atoms with E-state index in [2.05, 4.69) is 22.5 Å². The molecule has 0 unspecified atom stereocenters. The Morgan fingerprint density at radius 2 is 1.59 bits per heavy atom. The van der Waals surface area contributed by atoms with Crippen molar-refractivity contribution in [3.8, 4) is 0 Å². The minimum absolute atomic E-state index is 0.332. The van der Waals surface area contributed by atoms with E-state index in [-0.39, 0.29) is 0 Å². The normalized spacial score (nSPS) is 14.7. The number of anilines is 2. The maximum atomic E-state index is 12.1. The van der Waals surface area contributed by atoms with Crippen molar-refractivity contribution in [2.75, 3.05) is 23.3 Å². The molecule has 1 aliphatic heterocycles. The smallest absolute Gasteiger partial charge is 0.313 e. The second-order valence-electron chi connectivity index (χ2n) is 7.34. The van der Waals surface area contributed by atoms with E-state index >= 15 is 0 Å². The van der Waals surface area contributed by atoms with E-state index in [1.54, 1.807) is 0 Å². The molecule has 5 heteroatoms. The Labute approximate surface area is 160 Å². The molecule has 1 saturated heterocycles. The van der Waals surface area contributed by atoms with E-state index in [0.29, 0.717) is 12.2 Å². The average Bonchev–Trinajstić information content (AvgIpc) is 2.68. The van der Waals surface area contributed by atoms with Crippen LogP contribution < -0.4 is 15.5 Å². The van der Waals surface area contributed by atoms with Crippen LogP contribution in [-0.4, -0.2) is 24.9 Å². The molecule has 2 aromatic carbocycles. The van der Waals surface area contributed by atoms with Crippen molar-refractivity contribution in [2.45, 2.75) is 33.2 Å². The van der Waals surface area contributed by atoms with E-state index in [4.69, 9.17) is 0 Å². The Morgan fingerprint density at radius 1 is 0.963 bits per heavy atom. The van der Waals surface area contributed by atoms with Crippen molar-refractivity contribution in [1.82, 2.24) is 5.32 Å². The molecular formula is C22H27N3O2. The van der Waals surface area contributed by atoms with Crippen LogP contribution in [0.15, 0.2) is 48.5 Å². The number of carbonyl (C=O) groups is 2. The fourth-order valence-corrected chi connectivity index (χ4v) is 3.18. The van der Waals surface area contributed by atoms with Crippen molar-refractivity contribution >= 4 is 23.2 Å². The van der Waals surface area contributed by atoms with Crippen molar-refractivity contribution in [3.63, 3.8) is 0 Å². The van der Waals surface area contributed by atoms with Gasteiger partial charge in [-0.1, -0.05) is 36.8 Å². The lowest BCUT2D eigenvalue weighted by molar-refractivity contribution is -0.136. The van der Waals surface area contributed by atoms with Gasteiger partial charge in [-0.3, -0.25) is 9.59 Å². The second kappa shape index (κ2) is 8.71. The number of hydrogen-bond acceptors (Lipinski definition) is 3. The van der Waals surface area contributed by atoms with E-state index in [9.17, 15) is 9.59 Å². The lowest BCUT2D eigenvalue weighted by Crippen LogP contribution is -2.35. The number of aryl methyl sites for hydroxylation is 1. The van der Waals surface area contributed by atoms with Crippen LogP contribution in [0.1, 0.15) is 30.9 Å². The summed E-state index contributed by atoms with van der Waals surface area (Å²) in [6.45, 7) is 6.76. The first-order valence-corrected chi connectivity index (χ1v) is 9.51. The highest BCUT2D eigenvalue weighted by molar-refractivity contribution is 6.39. The zero-order valence-electron chi connectivity index (χ0n) is 16.0. The number of piperidine rings is 1. The third-order valence-electron chi connectivity index (χ3n) is 5.05. The Hall–Kier alpha value is -2.82. The summed E-state index contributed by atoms with van der Waals surface area (Å²) in [5.41, 5.74) is 3.90. The predicted molar refractivity (Wildman–Crippen MR) is 109 cm³/mol. The molecule has 1 heterocycles. The van der Waals surface area contributed by atoms with Crippen LogP contribution in [0.3, 0.4) is 0 Å². The van der Waals surface area contributed by atoms with Gasteiger partial charge in [0.25, 0.3) is 0 Å². The van der Waals surface area contributed by atoms with Crippen LogP contribution >= 0.6 is 0 Å². The van der Waals surface area contributed by atoms with Crippen molar-refractivity contribution in [2.24, 2.45) is 5.92 Å². The number of hydrogen-bond donors (Lipinski definition) is 2. The van der Waals surface area contributed by atoms with Gasteiger partial charge in [0.2, 0.25) is 0 Å². The number of amides is 2. The van der Waals surface area contributed by atoms with Crippen LogP contribution in [0.5, 0.6) is 0 Å². The summed E-state index contributed by atoms with van der Waals surface area (Å²) in [6.07, 6.45) is 2.42. The lowest BCUT2D eigenvalue weighted by atomic mass is 9.99. The third kappa shape index (κ3) is 5.33. The standard InChI is InChI=1S/C22H27N3O2/c1-16-3-5-18(6-4-16)15-23-21(26)22(27)24-19-7-9-20(10-8-19)25-13-11-17(2)12-14-25/h3-10,17H,11-15H2,1-2H3,(H,23,26)(H,24,27). The van der Waals surface area contributed by atoms with Gasteiger partial charge in [-0.05, 0) is 55.5 Å². The number of benzene rings is 2. The van der Waals surface area contributed by atoms with Gasteiger partial charge in [0, 0.05) is 31.0 Å². The summed E-state index contributed by atoms with van der Waals surface area (Å²) in [5.74, 6) is -0.496. The van der Waals surface area contributed by atoms with E-state index in [1.165, 1.54) is 12.8 Å². The first-order valence-electron chi connectivity index (χ1n) is 9.51. The average molecular weight is 365 g/mol. The quantitative estimate of drug-likeness (QED) is 0.816. The maximum Gasteiger partial charge on any atom is 0.313 e. The molecule has 1 aliphatic rings. The number of nitrogens with zero attached hydrogens (tertiary/aromatic N) is 1. The predicted octanol–water partition coefficient (Wildman–Crippen LogP) is 3.49. The molecule has 0 spiro atoms. The largest absolute Gasteiger partial charge is 0.372 e. The van der Waals surface area contributed by atoms with Crippen LogP contribution in [0.25, 0.3) is 0 Å². The molecular weight excluding hydrogens is 338 g/mol. The van der Waals surface area contributed by atoms with Gasteiger partial charge in [0.1, 0.15) is 0 Å². The minimum atomic E-state index is -0.651. The first kappa shape index (κ1) is 19.0. The zero-order valence-corrected chi connectivity index (χ0v) is 16.0. The van der Waals surface area contributed by atoms with Gasteiger partial charge in [-0.15, -0.1) is 0 Å². The Morgan fingerprint density at radius 3 is 2.22 bits per heavy atom. The van der Waals surface area contributed by atoms with Gasteiger partial charge >= 0.3 is 11.8 Å². The van der Waals surface area contributed by atoms with Gasteiger partial charge in [-0.25, -0.2) is 0 Å². The van der Waals surface area contributed by atoms with Crippen LogP contribution in [-0.2, 0) is 16.1 Å². The Kier molecular flexibility index (Phi) is 6.12. The van der Waals surface area contributed by atoms with Gasteiger partial charge in [0.15, 0.2) is 0 Å². The molecule has 2 amide bonds. The number of nitrogens with one attached hydrogen (secondary N) is 2. The van der Waals surface area contributed by atoms with Crippen molar-refractivity contribution in [1.29, 1.82) is 0 Å². The molecule has 5 nitrogen and oxygen atoms in total. The molecule has 27 heavy (non-hydrogen) atoms. The topological polar surface area (TPSA) is 61.4 Å². The summed E-state index contributed by atoms with van der Waals surface area (Å²) >= 11 is 0. The molecule has 2 aromatic rings. The highest BCUT2D eigenvalue weighted by Crippen LogP contribution is 2.24. The van der Waals surface area contributed by atoms with Crippen molar-refractivity contribution in [3.05, 3.63) is 59.7 Å². The molecule has 0 aromatic heterocycles. The van der Waals surface area contributed by atoms with Gasteiger partial charge in [0.05, 0.1) is 0 Å². The monoisotopic (exact) mass is 365 g/mol. The fourth-order valence-electron chi connectivity index (χ4n) is 3.18. The summed E-state index contributed by atoms with van der Waals surface area (Å²) < 4.78 is 0. The van der Waals surface area contributed by atoms with Gasteiger partial charge in [-0.2, -0.15) is 0 Å². The second-order valence-corrected chi connectivity index (χ2v) is 7.34. The first-order chi connectivity index (χ1) is 13.0. The molecule has 0 saturated carbocycles. The van der Waals surface area contributed by atoms with E-state index in [0.717, 1.165) is 35.8 Å². The Bertz CT molecular complexity index is 776. The summed E-state index contributed by atoms with van der Waals surface area (Å²) in [6, 6.07) is 15.5. The Balaban J connectivity index is 1.49. The number of rotatable bonds is 4. The molecule has 0 bridgehead atoms. The van der Waals surface area contributed by atoms with Crippen LogP contribution in [0, 0.1) is 12.8 Å². The minimum Gasteiger partial charge on any atom is -0.372 e. The lowest BCUT2D eigenvalue weighted by Gasteiger charge is -2.32. The summed E-state index contributed by atoms with van der Waals surface area (Å²) in [7, 11) is 0. The summed E-state index contributed by atoms with van der Waals surface area (Å²) in [5, 5.41) is 5.30. The van der Waals surface area contributed by atoms with Crippen LogP contribution in [0.4, 0.5) is 11.4 Å². The zero-order chi connectivity index (χ0) is 19.2. The molecule has 0 atom stereocenters. The highest BCUT2D eigenvalue weighted by Gasteiger charge is 2.17. The highest BCUT2D eigenvalue weighted by atomic mass is 16.2. The molecule has 142 valence electrons. The number of carbonyl (C=O) groups excluding carboxylic acids is 2. The van der Waals surface area contributed by atoms with Crippen molar-refractivity contribution < 1.29 is 9.59 Å². The van der Waals surface area contributed by atoms with Gasteiger partial charge < -0.3 is 15.5 Å². The molecule has 0 aliphatic carbocycles. The summed E-state index contributed by atoms with van der Waals surface area (Å²) in [4.78, 5) is 26.4. The van der Waals surface area contributed by atoms with Crippen LogP contribution in [0.2, 0.25) is 0 Å². The SMILES string of the molecule is Cc1ccc(CNC(=O)C(=O)Nc2ccc(N3CCC(C)CC3)cc2)cc1. The molecule has 1 fully saturated rings. The molecule has 3 rings (SSSR count).